The molecule has 0 aliphatic rings. The van der Waals surface area contributed by atoms with E-state index in [1.165, 1.54) is 27.4 Å². The number of hydrogen-bond acceptors (Lipinski definition) is 5. The highest BCUT2D eigenvalue weighted by Gasteiger charge is 2.18. The van der Waals surface area contributed by atoms with Crippen molar-refractivity contribution in [2.24, 2.45) is 0 Å². The molecule has 0 aliphatic heterocycles. The Labute approximate surface area is 166 Å². The molecule has 0 fully saturated rings. The zero-order chi connectivity index (χ0) is 19.3. The maximum absolute atomic E-state index is 12.1. The third kappa shape index (κ3) is 4.69. The van der Waals surface area contributed by atoms with E-state index in [9.17, 15) is 4.79 Å². The molecule has 0 saturated carbocycles. The first-order chi connectivity index (χ1) is 12.4. The van der Waals surface area contributed by atoms with E-state index in [0.29, 0.717) is 32.9 Å². The highest BCUT2D eigenvalue weighted by Crippen LogP contribution is 2.34. The van der Waals surface area contributed by atoms with E-state index >= 15 is 0 Å². The number of carbonyl (C=O) groups excluding carboxylic acids is 1. The summed E-state index contributed by atoms with van der Waals surface area (Å²) in [7, 11) is 4.25. The number of rotatable bonds is 5. The average Bonchev–Trinajstić information content (AvgIpc) is 2.63. The van der Waals surface area contributed by atoms with Crippen LogP contribution < -0.4 is 20.1 Å². The Hall–Kier alpha value is -2.22. The largest absolute Gasteiger partial charge is 0.493 e. The first-order valence-corrected chi connectivity index (χ1v) is 8.43. The van der Waals surface area contributed by atoms with Gasteiger partial charge in [-0.25, -0.2) is 4.79 Å². The summed E-state index contributed by atoms with van der Waals surface area (Å²) >= 11 is 17.2. The Balaban J connectivity index is 2.29. The summed E-state index contributed by atoms with van der Waals surface area (Å²) in [4.78, 5) is 12.1. The van der Waals surface area contributed by atoms with Gasteiger partial charge in [0.25, 0.3) is 0 Å². The lowest BCUT2D eigenvalue weighted by molar-refractivity contribution is 0.0601. The van der Waals surface area contributed by atoms with Crippen molar-refractivity contribution in [3.63, 3.8) is 0 Å². The molecule has 0 unspecified atom stereocenters. The number of thiocarbonyl (C=S) groups is 1. The number of carbonyl (C=O) groups is 1. The standard InChI is InChI=1S/C17H16Cl2N2O4S/c1-23-14-7-10(16(22)25-3)13(8-15(14)24-2)21-17(26)20-9-4-5-11(18)12(19)6-9/h4-8H,1-3H3,(H2,20,21,26). The number of ether oxygens (including phenoxy) is 3. The highest BCUT2D eigenvalue weighted by molar-refractivity contribution is 7.80. The lowest BCUT2D eigenvalue weighted by atomic mass is 10.1. The van der Waals surface area contributed by atoms with Crippen molar-refractivity contribution in [3.8, 4) is 11.5 Å². The van der Waals surface area contributed by atoms with E-state index in [-0.39, 0.29) is 10.7 Å². The fraction of sp³-hybridized carbons (Fsp3) is 0.176. The Bertz CT molecular complexity index is 846. The molecule has 2 N–H and O–H groups in total. The van der Waals surface area contributed by atoms with Crippen LogP contribution in [0.2, 0.25) is 10.0 Å². The Morgan fingerprint density at radius 2 is 1.62 bits per heavy atom. The van der Waals surface area contributed by atoms with Crippen LogP contribution in [0, 0.1) is 0 Å². The molecule has 138 valence electrons. The van der Waals surface area contributed by atoms with E-state index in [1.807, 2.05) is 0 Å². The van der Waals surface area contributed by atoms with Gasteiger partial charge >= 0.3 is 5.97 Å². The number of esters is 1. The molecule has 0 aromatic heterocycles. The molecule has 0 atom stereocenters. The second kappa shape index (κ2) is 8.93. The highest BCUT2D eigenvalue weighted by atomic mass is 35.5. The Kier molecular flexibility index (Phi) is 6.90. The van der Waals surface area contributed by atoms with Crippen molar-refractivity contribution in [2.75, 3.05) is 32.0 Å². The van der Waals surface area contributed by atoms with Gasteiger partial charge in [0.15, 0.2) is 16.6 Å². The first-order valence-electron chi connectivity index (χ1n) is 7.27. The molecule has 0 heterocycles. The van der Waals surface area contributed by atoms with Crippen LogP contribution in [0.3, 0.4) is 0 Å². The van der Waals surface area contributed by atoms with Crippen LogP contribution in [0.1, 0.15) is 10.4 Å². The Morgan fingerprint density at radius 3 is 2.19 bits per heavy atom. The molecule has 2 aromatic rings. The number of hydrogen-bond donors (Lipinski definition) is 2. The van der Waals surface area contributed by atoms with Gasteiger partial charge in [0.2, 0.25) is 0 Å². The van der Waals surface area contributed by atoms with Crippen LogP contribution in [0.25, 0.3) is 0 Å². The molecule has 0 saturated heterocycles. The van der Waals surface area contributed by atoms with Gasteiger partial charge in [-0.15, -0.1) is 0 Å². The zero-order valence-corrected chi connectivity index (χ0v) is 16.5. The smallest absolute Gasteiger partial charge is 0.340 e. The SMILES string of the molecule is COC(=O)c1cc(OC)c(OC)cc1NC(=S)Nc1ccc(Cl)c(Cl)c1. The van der Waals surface area contributed by atoms with Gasteiger partial charge in [-0.2, -0.15) is 0 Å². The lowest BCUT2D eigenvalue weighted by Crippen LogP contribution is -2.21. The van der Waals surface area contributed by atoms with Gasteiger partial charge in [-0.1, -0.05) is 23.2 Å². The molecule has 0 aliphatic carbocycles. The topological polar surface area (TPSA) is 68.8 Å². The van der Waals surface area contributed by atoms with Crippen LogP contribution in [0.4, 0.5) is 11.4 Å². The number of nitrogens with one attached hydrogen (secondary N) is 2. The first kappa shape index (κ1) is 20.1. The molecule has 0 amide bonds. The van der Waals surface area contributed by atoms with Gasteiger partial charge in [0.05, 0.1) is 42.6 Å². The lowest BCUT2D eigenvalue weighted by Gasteiger charge is -2.16. The van der Waals surface area contributed by atoms with Crippen LogP contribution >= 0.6 is 35.4 Å². The van der Waals surface area contributed by atoms with Gasteiger partial charge in [-0.3, -0.25) is 0 Å². The zero-order valence-electron chi connectivity index (χ0n) is 14.2. The van der Waals surface area contributed by atoms with Crippen molar-refractivity contribution in [1.82, 2.24) is 0 Å². The summed E-state index contributed by atoms with van der Waals surface area (Å²) in [5.74, 6) is 0.271. The van der Waals surface area contributed by atoms with Gasteiger partial charge in [0, 0.05) is 17.8 Å². The van der Waals surface area contributed by atoms with Gasteiger partial charge < -0.3 is 24.8 Å². The van der Waals surface area contributed by atoms with Crippen molar-refractivity contribution < 1.29 is 19.0 Å². The van der Waals surface area contributed by atoms with E-state index < -0.39 is 5.97 Å². The van der Waals surface area contributed by atoms with Crippen LogP contribution in [0.5, 0.6) is 11.5 Å². The predicted octanol–water partition coefficient (Wildman–Crippen LogP) is 4.61. The molecule has 2 aromatic carbocycles. The van der Waals surface area contributed by atoms with E-state index in [4.69, 9.17) is 49.6 Å². The fourth-order valence-electron chi connectivity index (χ4n) is 2.12. The van der Waals surface area contributed by atoms with Crippen molar-refractivity contribution in [3.05, 3.63) is 45.9 Å². The fourth-order valence-corrected chi connectivity index (χ4v) is 2.65. The maximum Gasteiger partial charge on any atom is 0.340 e. The quantitative estimate of drug-likeness (QED) is 0.546. The third-order valence-corrected chi connectivity index (χ3v) is 4.30. The van der Waals surface area contributed by atoms with Gasteiger partial charge in [-0.05, 0) is 30.4 Å². The molecule has 0 radical (unpaired) electrons. The van der Waals surface area contributed by atoms with Crippen LogP contribution in [-0.4, -0.2) is 32.4 Å². The molecule has 0 bridgehead atoms. The molecular weight excluding hydrogens is 399 g/mol. The van der Waals surface area contributed by atoms with Crippen molar-refractivity contribution >= 4 is 57.9 Å². The normalized spacial score (nSPS) is 10.0. The molecule has 2 rings (SSSR count). The van der Waals surface area contributed by atoms with E-state index in [0.717, 1.165) is 0 Å². The molecule has 9 heteroatoms. The number of methoxy groups -OCH3 is 3. The molecule has 0 spiro atoms. The van der Waals surface area contributed by atoms with Crippen molar-refractivity contribution in [2.45, 2.75) is 0 Å². The summed E-state index contributed by atoms with van der Waals surface area (Å²) in [5.41, 5.74) is 1.27. The van der Waals surface area contributed by atoms with E-state index in [1.54, 1.807) is 24.3 Å². The summed E-state index contributed by atoms with van der Waals surface area (Å²) < 4.78 is 15.3. The maximum atomic E-state index is 12.1. The number of halogens is 2. The summed E-state index contributed by atoms with van der Waals surface area (Å²) in [6.07, 6.45) is 0. The number of benzene rings is 2. The Morgan fingerprint density at radius 1 is 0.962 bits per heavy atom. The molecule has 26 heavy (non-hydrogen) atoms. The van der Waals surface area contributed by atoms with E-state index in [2.05, 4.69) is 10.6 Å². The number of anilines is 2. The second-order valence-electron chi connectivity index (χ2n) is 4.95. The molecule has 6 nitrogen and oxygen atoms in total. The minimum atomic E-state index is -0.550. The minimum Gasteiger partial charge on any atom is -0.493 e. The summed E-state index contributed by atoms with van der Waals surface area (Å²) in [6.45, 7) is 0. The van der Waals surface area contributed by atoms with Crippen LogP contribution in [-0.2, 0) is 4.74 Å². The minimum absolute atomic E-state index is 0.237. The summed E-state index contributed by atoms with van der Waals surface area (Å²) in [5, 5.41) is 6.96. The monoisotopic (exact) mass is 414 g/mol. The summed E-state index contributed by atoms with van der Waals surface area (Å²) in [6, 6.07) is 8.10. The van der Waals surface area contributed by atoms with Crippen molar-refractivity contribution in [1.29, 1.82) is 0 Å². The van der Waals surface area contributed by atoms with Gasteiger partial charge in [0.1, 0.15) is 0 Å². The van der Waals surface area contributed by atoms with Crippen LogP contribution in [0.15, 0.2) is 30.3 Å². The second-order valence-corrected chi connectivity index (χ2v) is 6.18. The molecular formula is C17H16Cl2N2O4S. The predicted molar refractivity (Wildman–Crippen MR) is 107 cm³/mol. The average molecular weight is 415 g/mol. The third-order valence-electron chi connectivity index (χ3n) is 3.35.